The zero-order valence-electron chi connectivity index (χ0n) is 15.9. The van der Waals surface area contributed by atoms with Crippen molar-refractivity contribution in [3.63, 3.8) is 0 Å². The first-order chi connectivity index (χ1) is 13.6. The molecule has 2 saturated heterocycles. The minimum absolute atomic E-state index is 0.171. The number of aromatic nitrogens is 1. The van der Waals surface area contributed by atoms with Crippen molar-refractivity contribution in [1.82, 2.24) is 9.88 Å². The van der Waals surface area contributed by atoms with E-state index in [9.17, 15) is 18.0 Å². The molecular formula is C18H23F3N2O5S. The van der Waals surface area contributed by atoms with E-state index in [0.717, 1.165) is 18.4 Å². The summed E-state index contributed by atoms with van der Waals surface area (Å²) >= 11 is 1.57. The lowest BCUT2D eigenvalue weighted by molar-refractivity contribution is -0.201. The highest BCUT2D eigenvalue weighted by Crippen LogP contribution is 2.35. The Bertz CT molecular complexity index is 684. The van der Waals surface area contributed by atoms with Crippen LogP contribution in [0.15, 0.2) is 24.5 Å². The van der Waals surface area contributed by atoms with Gasteiger partial charge in [-0.05, 0) is 30.4 Å². The van der Waals surface area contributed by atoms with Crippen LogP contribution in [0.3, 0.4) is 0 Å². The average molecular weight is 436 g/mol. The summed E-state index contributed by atoms with van der Waals surface area (Å²) in [6.45, 7) is 2.74. The van der Waals surface area contributed by atoms with Gasteiger partial charge in [0, 0.05) is 25.4 Å². The molecule has 1 atom stereocenters. The van der Waals surface area contributed by atoms with Crippen molar-refractivity contribution in [2.75, 3.05) is 31.7 Å². The van der Waals surface area contributed by atoms with Gasteiger partial charge in [0.2, 0.25) is 5.91 Å². The van der Waals surface area contributed by atoms with Crippen LogP contribution in [-0.2, 0) is 25.7 Å². The van der Waals surface area contributed by atoms with Crippen molar-refractivity contribution >= 4 is 23.6 Å². The second-order valence-corrected chi connectivity index (χ2v) is 7.66. The Hall–Kier alpha value is -1.85. The number of hydrogen-bond acceptors (Lipinski definition) is 6. The van der Waals surface area contributed by atoms with Gasteiger partial charge in [-0.25, -0.2) is 4.79 Å². The number of aliphatic carboxylic acids is 1. The number of nitrogens with zero attached hydrogens (tertiary/aromatic N) is 2. The number of halogens is 3. The zero-order chi connectivity index (χ0) is 21.5. The van der Waals surface area contributed by atoms with Crippen LogP contribution >= 0.6 is 11.8 Å². The molecule has 1 aromatic rings. The van der Waals surface area contributed by atoms with Gasteiger partial charge in [-0.1, -0.05) is 0 Å². The van der Waals surface area contributed by atoms with Crippen molar-refractivity contribution in [2.24, 2.45) is 0 Å². The summed E-state index contributed by atoms with van der Waals surface area (Å²) < 4.78 is 43.7. The van der Waals surface area contributed by atoms with Crippen LogP contribution in [0.5, 0.6) is 0 Å². The Kier molecular flexibility index (Phi) is 8.29. The summed E-state index contributed by atoms with van der Waals surface area (Å²) in [6, 6.07) is 3.95. The molecule has 0 saturated carbocycles. The van der Waals surface area contributed by atoms with Crippen molar-refractivity contribution in [1.29, 1.82) is 0 Å². The summed E-state index contributed by atoms with van der Waals surface area (Å²) in [5.74, 6) is -1.99. The van der Waals surface area contributed by atoms with Crippen LogP contribution < -0.4 is 0 Å². The van der Waals surface area contributed by atoms with Crippen LogP contribution in [-0.4, -0.2) is 76.5 Å². The monoisotopic (exact) mass is 436 g/mol. The number of carbonyl (C=O) groups is 2. The van der Waals surface area contributed by atoms with E-state index in [1.165, 1.54) is 0 Å². The summed E-state index contributed by atoms with van der Waals surface area (Å²) in [4.78, 5) is 26.7. The number of rotatable bonds is 5. The summed E-state index contributed by atoms with van der Waals surface area (Å²) in [5.41, 5.74) is 0.968. The van der Waals surface area contributed by atoms with Crippen molar-refractivity contribution in [2.45, 2.75) is 37.3 Å². The predicted molar refractivity (Wildman–Crippen MR) is 99.4 cm³/mol. The Morgan fingerprint density at radius 3 is 2.55 bits per heavy atom. The molecule has 0 bridgehead atoms. The first-order valence-corrected chi connectivity index (χ1v) is 10.3. The molecule has 1 N–H and O–H groups in total. The zero-order valence-corrected chi connectivity index (χ0v) is 16.7. The minimum Gasteiger partial charge on any atom is -0.475 e. The van der Waals surface area contributed by atoms with E-state index in [1.54, 1.807) is 24.2 Å². The molecule has 11 heteroatoms. The standard InChI is InChI=1S/C16H22N2O3S.C2HF3O2/c1-22-10-15(19)18-11-16(12-18)8-14(4-7-21-16)20-9-13-2-5-17-6-3-13;3-2(4,5)1(6)7/h2-3,5-6,14H,4,7-12H2,1H3;(H,6,7). The molecule has 0 aliphatic carbocycles. The third-order valence-electron chi connectivity index (χ3n) is 4.50. The van der Waals surface area contributed by atoms with Gasteiger partial charge >= 0.3 is 12.1 Å². The fourth-order valence-corrected chi connectivity index (χ4v) is 3.51. The molecule has 1 amide bonds. The first kappa shape index (κ1) is 23.4. The number of ether oxygens (including phenoxy) is 2. The van der Waals surface area contributed by atoms with Gasteiger partial charge in [0.25, 0.3) is 0 Å². The molecule has 1 unspecified atom stereocenters. The van der Waals surface area contributed by atoms with E-state index < -0.39 is 12.1 Å². The van der Waals surface area contributed by atoms with Crippen molar-refractivity contribution in [3.05, 3.63) is 30.1 Å². The predicted octanol–water partition coefficient (Wildman–Crippen LogP) is 2.35. The van der Waals surface area contributed by atoms with E-state index in [2.05, 4.69) is 4.98 Å². The number of amides is 1. The van der Waals surface area contributed by atoms with Crippen LogP contribution in [0, 0.1) is 0 Å². The first-order valence-electron chi connectivity index (χ1n) is 8.86. The maximum atomic E-state index is 11.9. The Morgan fingerprint density at radius 1 is 1.38 bits per heavy atom. The molecule has 2 aliphatic heterocycles. The third kappa shape index (κ3) is 7.16. The topological polar surface area (TPSA) is 89.0 Å². The van der Waals surface area contributed by atoms with Gasteiger partial charge in [0.15, 0.2) is 0 Å². The van der Waals surface area contributed by atoms with E-state index in [-0.39, 0.29) is 17.6 Å². The molecular weight excluding hydrogens is 413 g/mol. The molecule has 7 nitrogen and oxygen atoms in total. The number of carboxylic acids is 1. The van der Waals surface area contributed by atoms with Gasteiger partial charge in [-0.3, -0.25) is 9.78 Å². The Labute approximate surface area is 170 Å². The quantitative estimate of drug-likeness (QED) is 0.758. The van der Waals surface area contributed by atoms with Crippen molar-refractivity contribution < 1.29 is 37.3 Å². The largest absolute Gasteiger partial charge is 0.490 e. The Balaban J connectivity index is 0.000000370. The number of pyridine rings is 1. The van der Waals surface area contributed by atoms with Gasteiger partial charge in [0.1, 0.15) is 5.60 Å². The summed E-state index contributed by atoms with van der Waals surface area (Å²) in [5, 5.41) is 7.12. The average Bonchev–Trinajstić information content (AvgIpc) is 2.65. The molecule has 1 aromatic heterocycles. The highest BCUT2D eigenvalue weighted by molar-refractivity contribution is 7.99. The van der Waals surface area contributed by atoms with Gasteiger partial charge in [0.05, 0.1) is 31.6 Å². The highest BCUT2D eigenvalue weighted by Gasteiger charge is 2.49. The maximum absolute atomic E-state index is 11.9. The Morgan fingerprint density at radius 2 is 2.00 bits per heavy atom. The molecule has 0 aromatic carbocycles. The van der Waals surface area contributed by atoms with Crippen LogP contribution in [0.4, 0.5) is 13.2 Å². The highest BCUT2D eigenvalue weighted by atomic mass is 32.2. The van der Waals surface area contributed by atoms with Crippen LogP contribution in [0.2, 0.25) is 0 Å². The van der Waals surface area contributed by atoms with E-state index in [0.29, 0.717) is 32.1 Å². The molecule has 162 valence electrons. The van der Waals surface area contributed by atoms with E-state index in [1.807, 2.05) is 23.3 Å². The molecule has 3 rings (SSSR count). The lowest BCUT2D eigenvalue weighted by atomic mass is 9.84. The lowest BCUT2D eigenvalue weighted by Crippen LogP contribution is -2.67. The van der Waals surface area contributed by atoms with Crippen LogP contribution in [0.1, 0.15) is 18.4 Å². The van der Waals surface area contributed by atoms with Crippen LogP contribution in [0.25, 0.3) is 0 Å². The number of likely N-dealkylation sites (tertiary alicyclic amines) is 1. The number of carboxylic acid groups (broad SMARTS) is 1. The number of hydrogen-bond donors (Lipinski definition) is 1. The molecule has 29 heavy (non-hydrogen) atoms. The van der Waals surface area contributed by atoms with E-state index in [4.69, 9.17) is 19.4 Å². The molecule has 1 spiro atoms. The number of alkyl halides is 3. The second kappa shape index (κ2) is 10.3. The van der Waals surface area contributed by atoms with Gasteiger partial charge < -0.3 is 19.5 Å². The molecule has 0 radical (unpaired) electrons. The summed E-state index contributed by atoms with van der Waals surface area (Å²) in [7, 11) is 0. The SMILES string of the molecule is CSCC(=O)N1CC2(CC(OCc3ccncc3)CCO2)C1.O=C(O)C(F)(F)F. The lowest BCUT2D eigenvalue weighted by Gasteiger charge is -2.53. The van der Waals surface area contributed by atoms with Gasteiger partial charge in [-0.2, -0.15) is 24.9 Å². The fraction of sp³-hybridized carbons (Fsp3) is 0.611. The van der Waals surface area contributed by atoms with E-state index >= 15 is 0 Å². The molecule has 2 fully saturated rings. The normalized spacial score (nSPS) is 20.4. The third-order valence-corrected chi connectivity index (χ3v) is 5.04. The second-order valence-electron chi connectivity index (χ2n) is 6.80. The minimum atomic E-state index is -5.08. The number of carbonyl (C=O) groups excluding carboxylic acids is 1. The fourth-order valence-electron chi connectivity index (χ4n) is 3.08. The smallest absolute Gasteiger partial charge is 0.475 e. The number of thioether (sulfide) groups is 1. The van der Waals surface area contributed by atoms with Crippen molar-refractivity contribution in [3.8, 4) is 0 Å². The molecule has 3 heterocycles. The summed E-state index contributed by atoms with van der Waals surface area (Å²) in [6.07, 6.45) is 2.44. The maximum Gasteiger partial charge on any atom is 0.490 e. The molecule has 2 aliphatic rings. The van der Waals surface area contributed by atoms with Gasteiger partial charge in [-0.15, -0.1) is 0 Å².